The minimum Gasteiger partial charge on any atom is -0.454 e. The molecule has 6 nitrogen and oxygen atoms in total. The molecule has 7 heteroatoms. The predicted molar refractivity (Wildman–Crippen MR) is 91.4 cm³/mol. The summed E-state index contributed by atoms with van der Waals surface area (Å²) in [4.78, 5) is 24.0. The molecule has 24 heavy (non-hydrogen) atoms. The number of ether oxygens (including phenoxy) is 2. The van der Waals surface area contributed by atoms with Crippen LogP contribution in [0, 0.1) is 0 Å². The number of nitrogens with one attached hydrogen (secondary N) is 2. The van der Waals surface area contributed by atoms with Crippen molar-refractivity contribution in [2.75, 3.05) is 19.9 Å². The average molecular weight is 391 g/mol. The van der Waals surface area contributed by atoms with Gasteiger partial charge in [-0.15, -0.1) is 0 Å². The second kappa shape index (κ2) is 7.35. The van der Waals surface area contributed by atoms with Crippen LogP contribution in [0.15, 0.2) is 46.9 Å². The number of halogens is 1. The normalized spacial score (nSPS) is 11.9. The molecule has 0 saturated heterocycles. The Morgan fingerprint density at radius 3 is 2.29 bits per heavy atom. The fourth-order valence-corrected chi connectivity index (χ4v) is 2.62. The van der Waals surface area contributed by atoms with E-state index in [1.807, 2.05) is 6.07 Å². The maximum absolute atomic E-state index is 12.1. The van der Waals surface area contributed by atoms with E-state index in [-0.39, 0.29) is 18.6 Å². The van der Waals surface area contributed by atoms with Crippen LogP contribution in [0.1, 0.15) is 20.7 Å². The number of hydrogen-bond acceptors (Lipinski definition) is 4. The van der Waals surface area contributed by atoms with E-state index in [1.54, 1.807) is 36.4 Å². The van der Waals surface area contributed by atoms with Gasteiger partial charge >= 0.3 is 0 Å². The number of carbonyl (C=O) groups excluding carboxylic acids is 2. The molecule has 2 aromatic carbocycles. The van der Waals surface area contributed by atoms with E-state index in [2.05, 4.69) is 26.6 Å². The number of hydrogen-bond donors (Lipinski definition) is 2. The Morgan fingerprint density at radius 1 is 0.917 bits per heavy atom. The fraction of sp³-hybridized carbons (Fsp3) is 0.176. The second-order valence-corrected chi connectivity index (χ2v) is 6.01. The highest BCUT2D eigenvalue weighted by atomic mass is 79.9. The maximum Gasteiger partial charge on any atom is 0.251 e. The van der Waals surface area contributed by atoms with Crippen LogP contribution in [-0.2, 0) is 0 Å². The summed E-state index contributed by atoms with van der Waals surface area (Å²) >= 11 is 3.32. The fourth-order valence-electron chi connectivity index (χ4n) is 2.22. The molecule has 0 saturated carbocycles. The summed E-state index contributed by atoms with van der Waals surface area (Å²) in [5.74, 6) is 0.775. The highest BCUT2D eigenvalue weighted by Gasteiger charge is 2.16. The van der Waals surface area contributed by atoms with Gasteiger partial charge in [0.1, 0.15) is 0 Å². The lowest BCUT2D eigenvalue weighted by Gasteiger charge is -2.08. The minimum absolute atomic E-state index is 0.169. The van der Waals surface area contributed by atoms with Gasteiger partial charge in [-0.05, 0) is 36.4 Å². The van der Waals surface area contributed by atoms with Crippen molar-refractivity contribution in [1.29, 1.82) is 0 Å². The van der Waals surface area contributed by atoms with E-state index in [0.29, 0.717) is 35.7 Å². The average Bonchev–Trinajstić information content (AvgIpc) is 3.06. The third-order valence-electron chi connectivity index (χ3n) is 3.42. The van der Waals surface area contributed by atoms with Gasteiger partial charge in [0.2, 0.25) is 6.79 Å². The zero-order chi connectivity index (χ0) is 16.9. The van der Waals surface area contributed by atoms with E-state index in [4.69, 9.17) is 9.47 Å². The Hall–Kier alpha value is -2.54. The maximum atomic E-state index is 12.1. The van der Waals surface area contributed by atoms with Crippen molar-refractivity contribution in [3.63, 3.8) is 0 Å². The van der Waals surface area contributed by atoms with E-state index in [1.165, 1.54) is 0 Å². The lowest BCUT2D eigenvalue weighted by molar-refractivity contribution is 0.0927. The minimum atomic E-state index is -0.231. The largest absolute Gasteiger partial charge is 0.454 e. The molecule has 1 heterocycles. The summed E-state index contributed by atoms with van der Waals surface area (Å²) in [5.41, 5.74) is 1.05. The molecule has 2 amide bonds. The standard InChI is InChI=1S/C17H15BrN2O4/c18-13-3-1-2-11(8-13)16(21)19-6-7-20-17(22)12-4-5-14-15(9-12)24-10-23-14/h1-5,8-9H,6-7,10H2,(H,19,21)(H,20,22). The Morgan fingerprint density at radius 2 is 1.58 bits per heavy atom. The van der Waals surface area contributed by atoms with Gasteiger partial charge in [-0.3, -0.25) is 9.59 Å². The number of benzene rings is 2. The van der Waals surface area contributed by atoms with Crippen molar-refractivity contribution >= 4 is 27.7 Å². The van der Waals surface area contributed by atoms with Gasteiger partial charge in [0, 0.05) is 28.7 Å². The zero-order valence-corrected chi connectivity index (χ0v) is 14.3. The first-order valence-electron chi connectivity index (χ1n) is 7.35. The molecule has 0 fully saturated rings. The van der Waals surface area contributed by atoms with Crippen molar-refractivity contribution in [2.45, 2.75) is 0 Å². The number of amides is 2. The molecule has 124 valence electrons. The van der Waals surface area contributed by atoms with Crippen LogP contribution >= 0.6 is 15.9 Å². The molecule has 2 aromatic rings. The van der Waals surface area contributed by atoms with Crippen LogP contribution in [0.5, 0.6) is 11.5 Å². The Kier molecular flexibility index (Phi) is 5.00. The first-order chi connectivity index (χ1) is 11.6. The molecule has 0 aromatic heterocycles. The molecule has 0 aliphatic carbocycles. The lowest BCUT2D eigenvalue weighted by atomic mass is 10.2. The Bertz CT molecular complexity index is 779. The molecular formula is C17H15BrN2O4. The van der Waals surface area contributed by atoms with Crippen molar-refractivity contribution < 1.29 is 19.1 Å². The number of carbonyl (C=O) groups is 2. The lowest BCUT2D eigenvalue weighted by Crippen LogP contribution is -2.34. The molecule has 1 aliphatic heterocycles. The van der Waals surface area contributed by atoms with Gasteiger partial charge in [0.25, 0.3) is 11.8 Å². The van der Waals surface area contributed by atoms with E-state index >= 15 is 0 Å². The highest BCUT2D eigenvalue weighted by Crippen LogP contribution is 2.32. The van der Waals surface area contributed by atoms with E-state index < -0.39 is 0 Å². The summed E-state index contributed by atoms with van der Waals surface area (Å²) < 4.78 is 11.3. The van der Waals surface area contributed by atoms with E-state index in [9.17, 15) is 9.59 Å². The quantitative estimate of drug-likeness (QED) is 0.768. The van der Waals surface area contributed by atoms with Crippen LogP contribution in [0.3, 0.4) is 0 Å². The summed E-state index contributed by atoms with van der Waals surface area (Å²) in [6, 6.07) is 12.1. The first-order valence-corrected chi connectivity index (χ1v) is 8.14. The molecule has 1 aliphatic rings. The van der Waals surface area contributed by atoms with Gasteiger partial charge in [0.05, 0.1) is 0 Å². The summed E-state index contributed by atoms with van der Waals surface area (Å²) in [6.07, 6.45) is 0. The monoisotopic (exact) mass is 390 g/mol. The van der Waals surface area contributed by atoms with Crippen molar-refractivity contribution in [1.82, 2.24) is 10.6 Å². The van der Waals surface area contributed by atoms with Crippen molar-refractivity contribution in [2.24, 2.45) is 0 Å². The molecular weight excluding hydrogens is 376 g/mol. The molecule has 0 bridgehead atoms. The second-order valence-electron chi connectivity index (χ2n) is 5.09. The number of fused-ring (bicyclic) bond motifs is 1. The van der Waals surface area contributed by atoms with Gasteiger partial charge < -0.3 is 20.1 Å². The summed E-state index contributed by atoms with van der Waals surface area (Å²) in [6.45, 7) is 0.830. The SMILES string of the molecule is O=C(NCCNC(=O)c1ccc2c(c1)OCO2)c1cccc(Br)c1. The first kappa shape index (κ1) is 16.3. The van der Waals surface area contributed by atoms with Crippen LogP contribution in [-0.4, -0.2) is 31.7 Å². The van der Waals surface area contributed by atoms with Gasteiger partial charge in [-0.1, -0.05) is 22.0 Å². The third kappa shape index (κ3) is 3.86. The summed E-state index contributed by atoms with van der Waals surface area (Å²) in [5, 5.41) is 5.50. The summed E-state index contributed by atoms with van der Waals surface area (Å²) in [7, 11) is 0. The third-order valence-corrected chi connectivity index (χ3v) is 3.91. The van der Waals surface area contributed by atoms with Crippen molar-refractivity contribution in [3.8, 4) is 11.5 Å². The van der Waals surface area contributed by atoms with Crippen LogP contribution in [0.4, 0.5) is 0 Å². The molecule has 0 spiro atoms. The molecule has 2 N–H and O–H groups in total. The molecule has 0 radical (unpaired) electrons. The number of rotatable bonds is 5. The van der Waals surface area contributed by atoms with Crippen LogP contribution in [0.2, 0.25) is 0 Å². The van der Waals surface area contributed by atoms with Gasteiger partial charge in [-0.25, -0.2) is 0 Å². The predicted octanol–water partition coefficient (Wildman–Crippen LogP) is 2.34. The zero-order valence-electron chi connectivity index (χ0n) is 12.7. The highest BCUT2D eigenvalue weighted by molar-refractivity contribution is 9.10. The van der Waals surface area contributed by atoms with Gasteiger partial charge in [0.15, 0.2) is 11.5 Å². The van der Waals surface area contributed by atoms with E-state index in [0.717, 1.165) is 4.47 Å². The smallest absolute Gasteiger partial charge is 0.251 e. The Balaban J connectivity index is 1.46. The molecule has 0 unspecified atom stereocenters. The van der Waals surface area contributed by atoms with Crippen LogP contribution < -0.4 is 20.1 Å². The Labute approximate surface area is 147 Å². The topological polar surface area (TPSA) is 76.7 Å². The van der Waals surface area contributed by atoms with Crippen LogP contribution in [0.25, 0.3) is 0 Å². The van der Waals surface area contributed by atoms with Crippen molar-refractivity contribution in [3.05, 3.63) is 58.1 Å². The molecule has 3 rings (SSSR count). The molecule has 0 atom stereocenters. The van der Waals surface area contributed by atoms with Gasteiger partial charge in [-0.2, -0.15) is 0 Å².